The molecule has 2 aromatic rings. The Morgan fingerprint density at radius 2 is 1.67 bits per heavy atom. The highest BCUT2D eigenvalue weighted by molar-refractivity contribution is 5.96. The lowest BCUT2D eigenvalue weighted by Gasteiger charge is -2.13. The van der Waals surface area contributed by atoms with Crippen LogP contribution in [0.3, 0.4) is 0 Å². The number of carbonyl (C=O) groups is 1. The molecule has 0 atom stereocenters. The summed E-state index contributed by atoms with van der Waals surface area (Å²) >= 11 is 0. The molecule has 1 N–H and O–H groups in total. The lowest BCUT2D eigenvalue weighted by atomic mass is 10.1. The Hall–Kier alpha value is -2.37. The van der Waals surface area contributed by atoms with Crippen molar-refractivity contribution in [1.82, 2.24) is 5.32 Å². The Labute approximate surface area is 118 Å². The van der Waals surface area contributed by atoms with E-state index in [0.717, 1.165) is 12.1 Å². The van der Waals surface area contributed by atoms with Gasteiger partial charge >= 0.3 is 6.18 Å². The minimum atomic E-state index is -4.79. The molecule has 2 nitrogen and oxygen atoms in total. The van der Waals surface area contributed by atoms with Gasteiger partial charge < -0.3 is 5.32 Å². The van der Waals surface area contributed by atoms with E-state index in [1.807, 2.05) is 0 Å². The van der Waals surface area contributed by atoms with E-state index in [1.165, 1.54) is 0 Å². The third-order valence-corrected chi connectivity index (χ3v) is 2.84. The summed E-state index contributed by atoms with van der Waals surface area (Å²) in [7, 11) is 0. The molecule has 0 saturated heterocycles. The zero-order valence-corrected chi connectivity index (χ0v) is 10.7. The van der Waals surface area contributed by atoms with Gasteiger partial charge in [-0.1, -0.05) is 36.4 Å². The fourth-order valence-corrected chi connectivity index (χ4v) is 1.86. The molecule has 0 fully saturated rings. The van der Waals surface area contributed by atoms with Gasteiger partial charge in [-0.05, 0) is 17.7 Å². The van der Waals surface area contributed by atoms with Crippen LogP contribution in [0.1, 0.15) is 21.5 Å². The quantitative estimate of drug-likeness (QED) is 0.858. The maximum atomic E-state index is 13.6. The first kappa shape index (κ1) is 15.0. The van der Waals surface area contributed by atoms with Gasteiger partial charge in [-0.2, -0.15) is 13.2 Å². The second-order valence-corrected chi connectivity index (χ2v) is 4.33. The van der Waals surface area contributed by atoms with Gasteiger partial charge in [-0.25, -0.2) is 4.39 Å². The summed E-state index contributed by atoms with van der Waals surface area (Å²) in [4.78, 5) is 11.9. The van der Waals surface area contributed by atoms with Crippen molar-refractivity contribution >= 4 is 5.91 Å². The fourth-order valence-electron chi connectivity index (χ4n) is 1.86. The summed E-state index contributed by atoms with van der Waals surface area (Å²) < 4.78 is 52.0. The number of hydrogen-bond donors (Lipinski definition) is 1. The van der Waals surface area contributed by atoms with E-state index in [2.05, 4.69) is 5.32 Å². The van der Waals surface area contributed by atoms with E-state index >= 15 is 0 Å². The summed E-state index contributed by atoms with van der Waals surface area (Å²) in [5.41, 5.74) is -1.57. The van der Waals surface area contributed by atoms with Gasteiger partial charge in [0.25, 0.3) is 5.91 Å². The van der Waals surface area contributed by atoms with Crippen LogP contribution in [-0.4, -0.2) is 5.91 Å². The van der Waals surface area contributed by atoms with E-state index in [1.54, 1.807) is 30.3 Å². The van der Waals surface area contributed by atoms with E-state index in [9.17, 15) is 22.4 Å². The predicted octanol–water partition coefficient (Wildman–Crippen LogP) is 3.77. The maximum Gasteiger partial charge on any atom is 0.417 e. The van der Waals surface area contributed by atoms with Crippen molar-refractivity contribution in [3.05, 3.63) is 71.0 Å². The second kappa shape index (κ2) is 5.95. The lowest BCUT2D eigenvalue weighted by Crippen LogP contribution is -2.27. The second-order valence-electron chi connectivity index (χ2n) is 4.33. The normalized spacial score (nSPS) is 11.2. The summed E-state index contributed by atoms with van der Waals surface area (Å²) in [6, 6.07) is 11.1. The summed E-state index contributed by atoms with van der Waals surface area (Å²) in [5, 5.41) is 2.29. The van der Waals surface area contributed by atoms with E-state index < -0.39 is 29.0 Å². The number of amides is 1. The Morgan fingerprint density at radius 1 is 1.00 bits per heavy atom. The van der Waals surface area contributed by atoms with Crippen LogP contribution in [0, 0.1) is 5.82 Å². The number of benzene rings is 2. The molecule has 2 aromatic carbocycles. The Balaban J connectivity index is 2.23. The standard InChI is InChI=1S/C15H11F4NO/c16-12-8-4-7-11(15(17,18)19)13(12)14(21)20-9-10-5-2-1-3-6-10/h1-8H,9H2,(H,20,21). The highest BCUT2D eigenvalue weighted by Crippen LogP contribution is 2.32. The molecular formula is C15H11F4NO. The van der Waals surface area contributed by atoms with Crippen LogP contribution >= 0.6 is 0 Å². The van der Waals surface area contributed by atoms with Gasteiger partial charge in [0.05, 0.1) is 11.1 Å². The van der Waals surface area contributed by atoms with Crippen LogP contribution in [0.5, 0.6) is 0 Å². The van der Waals surface area contributed by atoms with Gasteiger partial charge in [0.1, 0.15) is 5.82 Å². The third-order valence-electron chi connectivity index (χ3n) is 2.84. The molecule has 0 aliphatic carbocycles. The van der Waals surface area contributed by atoms with Crippen LogP contribution in [0.25, 0.3) is 0 Å². The van der Waals surface area contributed by atoms with Crippen LogP contribution in [0.2, 0.25) is 0 Å². The molecule has 1 amide bonds. The Kier molecular flexibility index (Phi) is 4.26. The molecule has 0 radical (unpaired) electrons. The van der Waals surface area contributed by atoms with Crippen LogP contribution in [0.4, 0.5) is 17.6 Å². The Bertz CT molecular complexity index is 638. The smallest absolute Gasteiger partial charge is 0.348 e. The average molecular weight is 297 g/mol. The van der Waals surface area contributed by atoms with Crippen molar-refractivity contribution < 1.29 is 22.4 Å². The first-order chi connectivity index (χ1) is 9.89. The maximum absolute atomic E-state index is 13.6. The van der Waals surface area contributed by atoms with Gasteiger partial charge in [0.2, 0.25) is 0 Å². The summed E-state index contributed by atoms with van der Waals surface area (Å²) in [5.74, 6) is -2.29. The fraction of sp³-hybridized carbons (Fsp3) is 0.133. The number of carbonyl (C=O) groups excluding carboxylic acids is 1. The van der Waals surface area contributed by atoms with Crippen molar-refractivity contribution in [2.24, 2.45) is 0 Å². The van der Waals surface area contributed by atoms with Crippen molar-refractivity contribution in [3.63, 3.8) is 0 Å². The molecule has 0 spiro atoms. The summed E-state index contributed by atoms with van der Waals surface area (Å²) in [6.45, 7) is 0.0192. The van der Waals surface area contributed by atoms with Crippen LogP contribution < -0.4 is 5.32 Å². The molecule has 0 heterocycles. The number of alkyl halides is 3. The molecular weight excluding hydrogens is 286 g/mol. The number of hydrogen-bond acceptors (Lipinski definition) is 1. The van der Waals surface area contributed by atoms with E-state index in [-0.39, 0.29) is 6.54 Å². The van der Waals surface area contributed by atoms with Crippen molar-refractivity contribution in [3.8, 4) is 0 Å². The molecule has 0 saturated carbocycles. The molecule has 6 heteroatoms. The minimum absolute atomic E-state index is 0.0192. The molecule has 2 rings (SSSR count). The topological polar surface area (TPSA) is 29.1 Å². The molecule has 21 heavy (non-hydrogen) atoms. The van der Waals surface area contributed by atoms with E-state index in [0.29, 0.717) is 11.6 Å². The van der Waals surface area contributed by atoms with Crippen molar-refractivity contribution in [1.29, 1.82) is 0 Å². The van der Waals surface area contributed by atoms with Crippen molar-refractivity contribution in [2.75, 3.05) is 0 Å². The van der Waals surface area contributed by atoms with Crippen LogP contribution in [-0.2, 0) is 12.7 Å². The third kappa shape index (κ3) is 3.59. The highest BCUT2D eigenvalue weighted by Gasteiger charge is 2.36. The number of nitrogens with one attached hydrogen (secondary N) is 1. The Morgan fingerprint density at radius 3 is 2.29 bits per heavy atom. The first-order valence-electron chi connectivity index (χ1n) is 6.07. The zero-order chi connectivity index (χ0) is 15.5. The average Bonchev–Trinajstić information content (AvgIpc) is 2.44. The number of rotatable bonds is 3. The van der Waals surface area contributed by atoms with Gasteiger partial charge in [0, 0.05) is 6.54 Å². The van der Waals surface area contributed by atoms with Crippen molar-refractivity contribution in [2.45, 2.75) is 12.7 Å². The zero-order valence-electron chi connectivity index (χ0n) is 10.7. The summed E-state index contributed by atoms with van der Waals surface area (Å²) in [6.07, 6.45) is -4.79. The number of halogens is 4. The monoisotopic (exact) mass is 297 g/mol. The largest absolute Gasteiger partial charge is 0.417 e. The van der Waals surface area contributed by atoms with Gasteiger partial charge in [-0.15, -0.1) is 0 Å². The molecule has 0 unspecified atom stereocenters. The molecule has 0 aliphatic rings. The molecule has 110 valence electrons. The van der Waals surface area contributed by atoms with E-state index in [4.69, 9.17) is 0 Å². The SMILES string of the molecule is O=C(NCc1ccccc1)c1c(F)cccc1C(F)(F)F. The first-order valence-corrected chi connectivity index (χ1v) is 6.07. The predicted molar refractivity (Wildman–Crippen MR) is 69.0 cm³/mol. The molecule has 0 aromatic heterocycles. The minimum Gasteiger partial charge on any atom is -0.348 e. The van der Waals surface area contributed by atoms with Gasteiger partial charge in [0.15, 0.2) is 0 Å². The van der Waals surface area contributed by atoms with Gasteiger partial charge in [-0.3, -0.25) is 4.79 Å². The van der Waals surface area contributed by atoms with Crippen LogP contribution in [0.15, 0.2) is 48.5 Å². The molecule has 0 bridgehead atoms. The highest BCUT2D eigenvalue weighted by atomic mass is 19.4. The molecule has 0 aliphatic heterocycles. The lowest BCUT2D eigenvalue weighted by molar-refractivity contribution is -0.138.